The summed E-state index contributed by atoms with van der Waals surface area (Å²) in [5, 5.41) is 4.06. The van der Waals surface area contributed by atoms with Crippen molar-refractivity contribution in [2.24, 2.45) is 0 Å². The molecule has 1 heterocycles. The Morgan fingerprint density at radius 2 is 1.78 bits per heavy atom. The van der Waals surface area contributed by atoms with E-state index >= 15 is 0 Å². The van der Waals surface area contributed by atoms with Gasteiger partial charge in [-0.3, -0.25) is 0 Å². The molecule has 0 bridgehead atoms. The van der Waals surface area contributed by atoms with Crippen LogP contribution in [0.1, 0.15) is 6.92 Å². The maximum absolute atomic E-state index is 12.8. The van der Waals surface area contributed by atoms with Crippen molar-refractivity contribution in [2.75, 3.05) is 18.1 Å². The monoisotopic (exact) mass is 412 g/mol. The fraction of sp³-hybridized carbons (Fsp3) is 0.353. The Balaban J connectivity index is 1.84. The van der Waals surface area contributed by atoms with Gasteiger partial charge >= 0.3 is 6.09 Å². The molecule has 0 radical (unpaired) electrons. The summed E-state index contributed by atoms with van der Waals surface area (Å²) >= 11 is 0. The molecule has 0 aliphatic carbocycles. The molecule has 0 unspecified atom stereocenters. The number of rotatable bonds is 5. The van der Waals surface area contributed by atoms with E-state index < -0.39 is 43.8 Å². The molecule has 2 aromatic rings. The van der Waals surface area contributed by atoms with Crippen LogP contribution in [0.3, 0.4) is 0 Å². The second-order valence-electron chi connectivity index (χ2n) is 6.28. The Bertz CT molecular complexity index is 1070. The zero-order valence-electron chi connectivity index (χ0n) is 14.6. The van der Waals surface area contributed by atoms with Crippen molar-refractivity contribution in [3.05, 3.63) is 42.5 Å². The van der Waals surface area contributed by atoms with E-state index in [4.69, 9.17) is 4.74 Å². The van der Waals surface area contributed by atoms with Crippen molar-refractivity contribution >= 4 is 36.7 Å². The third-order valence-electron chi connectivity index (χ3n) is 4.27. The third kappa shape index (κ3) is 4.57. The van der Waals surface area contributed by atoms with Gasteiger partial charge in [0.2, 0.25) is 10.0 Å². The summed E-state index contributed by atoms with van der Waals surface area (Å²) in [6.45, 7) is 1.74. The van der Waals surface area contributed by atoms with Gasteiger partial charge in [0.1, 0.15) is 0 Å². The van der Waals surface area contributed by atoms with E-state index in [-0.39, 0.29) is 17.3 Å². The first kappa shape index (κ1) is 19.6. The molecule has 3 rings (SSSR count). The van der Waals surface area contributed by atoms with Gasteiger partial charge in [-0.15, -0.1) is 0 Å². The van der Waals surface area contributed by atoms with E-state index in [0.717, 1.165) is 10.8 Å². The number of hydrogen-bond acceptors (Lipinski definition) is 6. The third-order valence-corrected chi connectivity index (χ3v) is 7.49. The molecule has 2 aromatic carbocycles. The molecule has 1 amide bonds. The molecule has 146 valence electrons. The fourth-order valence-electron chi connectivity index (χ4n) is 3.03. The second kappa shape index (κ2) is 7.45. The van der Waals surface area contributed by atoms with E-state index in [9.17, 15) is 21.6 Å². The van der Waals surface area contributed by atoms with Crippen molar-refractivity contribution in [2.45, 2.75) is 23.9 Å². The summed E-state index contributed by atoms with van der Waals surface area (Å²) in [6.07, 6.45) is -0.783. The first-order valence-electron chi connectivity index (χ1n) is 8.35. The van der Waals surface area contributed by atoms with E-state index in [0.29, 0.717) is 0 Å². The van der Waals surface area contributed by atoms with Gasteiger partial charge in [0, 0.05) is 0 Å². The van der Waals surface area contributed by atoms with Gasteiger partial charge in [0.05, 0.1) is 35.1 Å². The lowest BCUT2D eigenvalue weighted by molar-refractivity contribution is 0.148. The highest BCUT2D eigenvalue weighted by Crippen LogP contribution is 2.21. The lowest BCUT2D eigenvalue weighted by Crippen LogP contribution is -2.50. The molecule has 8 nitrogen and oxygen atoms in total. The number of carbonyl (C=O) groups excluding carboxylic acids is 1. The van der Waals surface area contributed by atoms with Crippen LogP contribution in [-0.2, 0) is 24.6 Å². The highest BCUT2D eigenvalue weighted by molar-refractivity contribution is 7.92. The number of sulfonamides is 1. The number of ether oxygens (including phenoxy) is 1. The average molecular weight is 412 g/mol. The van der Waals surface area contributed by atoms with Crippen molar-refractivity contribution in [3.63, 3.8) is 0 Å². The molecule has 1 saturated heterocycles. The molecular formula is C17H20N2O6S2. The standard InChI is InChI=1S/C17H20N2O6S2/c1-2-25-17(20)18-15-10-26(21,22)11-16(15)19-27(23,24)14-8-7-12-5-3-4-6-13(12)9-14/h3-9,15-16,19H,2,10-11H2,1H3,(H,18,20)/t15-,16+/m0/s1. The zero-order chi connectivity index (χ0) is 19.7. The van der Waals surface area contributed by atoms with Gasteiger partial charge in [-0.25, -0.2) is 26.4 Å². The van der Waals surface area contributed by atoms with Gasteiger partial charge in [0.15, 0.2) is 9.84 Å². The average Bonchev–Trinajstić information content (AvgIpc) is 2.87. The SMILES string of the molecule is CCOC(=O)N[C@H]1CS(=O)(=O)C[C@H]1NS(=O)(=O)c1ccc2ccccc2c1. The number of nitrogens with one attached hydrogen (secondary N) is 2. The van der Waals surface area contributed by atoms with E-state index in [1.54, 1.807) is 25.1 Å². The van der Waals surface area contributed by atoms with Crippen LogP contribution in [0, 0.1) is 0 Å². The number of carbonyl (C=O) groups is 1. The number of fused-ring (bicyclic) bond motifs is 1. The van der Waals surface area contributed by atoms with E-state index in [2.05, 4.69) is 10.0 Å². The van der Waals surface area contributed by atoms with Gasteiger partial charge in [-0.05, 0) is 29.8 Å². The number of sulfone groups is 1. The Kier molecular flexibility index (Phi) is 5.41. The van der Waals surface area contributed by atoms with Gasteiger partial charge in [0.25, 0.3) is 0 Å². The Labute approximate surface area is 157 Å². The molecule has 2 atom stereocenters. The van der Waals surface area contributed by atoms with Gasteiger partial charge in [-0.1, -0.05) is 30.3 Å². The molecule has 1 fully saturated rings. The molecule has 0 aromatic heterocycles. The maximum Gasteiger partial charge on any atom is 0.407 e. The summed E-state index contributed by atoms with van der Waals surface area (Å²) in [4.78, 5) is 11.7. The van der Waals surface area contributed by atoms with Gasteiger partial charge in [-0.2, -0.15) is 0 Å². The molecule has 1 aliphatic heterocycles. The first-order valence-corrected chi connectivity index (χ1v) is 11.7. The Morgan fingerprint density at radius 1 is 1.11 bits per heavy atom. The maximum atomic E-state index is 12.8. The van der Waals surface area contributed by atoms with Crippen LogP contribution in [0.4, 0.5) is 4.79 Å². The highest BCUT2D eigenvalue weighted by atomic mass is 32.2. The molecule has 0 saturated carbocycles. The minimum absolute atomic E-state index is 0.0281. The predicted octanol–water partition coefficient (Wildman–Crippen LogP) is 1.03. The van der Waals surface area contributed by atoms with Crippen LogP contribution >= 0.6 is 0 Å². The van der Waals surface area contributed by atoms with Crippen LogP contribution in [0.2, 0.25) is 0 Å². The minimum atomic E-state index is -3.97. The second-order valence-corrected chi connectivity index (χ2v) is 10.2. The molecule has 0 spiro atoms. The fourth-order valence-corrected chi connectivity index (χ4v) is 6.31. The normalized spacial score (nSPS) is 21.8. The molecule has 27 heavy (non-hydrogen) atoms. The number of amides is 1. The van der Waals surface area contributed by atoms with Crippen molar-refractivity contribution in [1.82, 2.24) is 10.0 Å². The Hall–Kier alpha value is -2.17. The van der Waals surface area contributed by atoms with Crippen LogP contribution < -0.4 is 10.0 Å². The lowest BCUT2D eigenvalue weighted by Gasteiger charge is -2.20. The molecule has 2 N–H and O–H groups in total. The van der Waals surface area contributed by atoms with E-state index in [1.165, 1.54) is 12.1 Å². The quantitative estimate of drug-likeness (QED) is 0.757. The van der Waals surface area contributed by atoms with Crippen molar-refractivity contribution in [1.29, 1.82) is 0 Å². The Morgan fingerprint density at radius 3 is 2.48 bits per heavy atom. The molecule has 10 heteroatoms. The van der Waals surface area contributed by atoms with Gasteiger partial charge < -0.3 is 10.1 Å². The van der Waals surface area contributed by atoms with Crippen LogP contribution in [0.15, 0.2) is 47.4 Å². The number of alkyl carbamates (subject to hydrolysis) is 1. The minimum Gasteiger partial charge on any atom is -0.450 e. The summed E-state index contributed by atoms with van der Waals surface area (Å²) in [5.41, 5.74) is 0. The van der Waals surface area contributed by atoms with Crippen molar-refractivity contribution < 1.29 is 26.4 Å². The summed E-state index contributed by atoms with van der Waals surface area (Å²) in [6, 6.07) is 10.1. The first-order chi connectivity index (χ1) is 12.7. The smallest absolute Gasteiger partial charge is 0.407 e. The van der Waals surface area contributed by atoms with Crippen LogP contribution in [0.25, 0.3) is 10.8 Å². The predicted molar refractivity (Wildman–Crippen MR) is 101 cm³/mol. The largest absolute Gasteiger partial charge is 0.450 e. The highest BCUT2D eigenvalue weighted by Gasteiger charge is 2.41. The zero-order valence-corrected chi connectivity index (χ0v) is 16.2. The number of benzene rings is 2. The molecular weight excluding hydrogens is 392 g/mol. The summed E-state index contributed by atoms with van der Waals surface area (Å²) in [5.74, 6) is -0.742. The van der Waals surface area contributed by atoms with Crippen LogP contribution in [0.5, 0.6) is 0 Å². The number of hydrogen-bond donors (Lipinski definition) is 2. The lowest BCUT2D eigenvalue weighted by atomic mass is 10.1. The molecule has 1 aliphatic rings. The van der Waals surface area contributed by atoms with Crippen molar-refractivity contribution in [3.8, 4) is 0 Å². The van der Waals surface area contributed by atoms with E-state index in [1.807, 2.05) is 12.1 Å². The topological polar surface area (TPSA) is 119 Å². The summed E-state index contributed by atoms with van der Waals surface area (Å²) < 4.78 is 56.6. The van der Waals surface area contributed by atoms with Crippen LogP contribution in [-0.4, -0.2) is 53.1 Å². The summed E-state index contributed by atoms with van der Waals surface area (Å²) in [7, 11) is -7.46.